The highest BCUT2D eigenvalue weighted by molar-refractivity contribution is 5.94. The monoisotopic (exact) mass is 391 g/mol. The van der Waals surface area contributed by atoms with Crippen molar-refractivity contribution >= 4 is 11.6 Å². The van der Waals surface area contributed by atoms with E-state index in [2.05, 4.69) is 30.8 Å². The van der Waals surface area contributed by atoms with E-state index in [1.807, 2.05) is 18.2 Å². The van der Waals surface area contributed by atoms with Crippen LogP contribution in [-0.2, 0) is 11.2 Å². The number of aromatic amines is 1. The summed E-state index contributed by atoms with van der Waals surface area (Å²) in [6, 6.07) is 12.7. The van der Waals surface area contributed by atoms with Crippen molar-refractivity contribution in [2.24, 2.45) is 0 Å². The first-order valence-corrected chi connectivity index (χ1v) is 9.00. The summed E-state index contributed by atoms with van der Waals surface area (Å²) in [4.78, 5) is 20.4. The van der Waals surface area contributed by atoms with Crippen molar-refractivity contribution in [1.82, 2.24) is 30.2 Å². The molecule has 0 aliphatic heterocycles. The molecule has 4 rings (SSSR count). The normalized spacial score (nSPS) is 11.9. The van der Waals surface area contributed by atoms with Crippen LogP contribution in [0, 0.1) is 12.7 Å². The van der Waals surface area contributed by atoms with E-state index in [1.54, 1.807) is 37.5 Å². The van der Waals surface area contributed by atoms with Crippen molar-refractivity contribution in [3.05, 3.63) is 78.1 Å². The molecule has 146 valence electrons. The van der Waals surface area contributed by atoms with Crippen molar-refractivity contribution < 1.29 is 9.18 Å². The molecule has 1 unspecified atom stereocenters. The topological polar surface area (TPSA) is 101 Å². The van der Waals surface area contributed by atoms with E-state index in [1.165, 1.54) is 16.8 Å². The van der Waals surface area contributed by atoms with Gasteiger partial charge in [0, 0.05) is 30.1 Å². The zero-order valence-corrected chi connectivity index (χ0v) is 15.6. The molecule has 0 aliphatic rings. The van der Waals surface area contributed by atoms with Gasteiger partial charge in [-0.3, -0.25) is 4.79 Å². The van der Waals surface area contributed by atoms with Gasteiger partial charge in [-0.05, 0) is 47.2 Å². The molecule has 0 bridgehead atoms. The van der Waals surface area contributed by atoms with Gasteiger partial charge in [-0.15, -0.1) is 5.10 Å². The highest BCUT2D eigenvalue weighted by atomic mass is 19.1. The molecule has 2 aromatic carbocycles. The highest BCUT2D eigenvalue weighted by Gasteiger charge is 2.24. The largest absolute Gasteiger partial charge is 0.345 e. The second kappa shape index (κ2) is 8.01. The first kappa shape index (κ1) is 18.5. The fourth-order valence-electron chi connectivity index (χ4n) is 3.10. The van der Waals surface area contributed by atoms with Gasteiger partial charge in [0.1, 0.15) is 23.5 Å². The summed E-state index contributed by atoms with van der Waals surface area (Å²) >= 11 is 0. The van der Waals surface area contributed by atoms with E-state index < -0.39 is 6.04 Å². The lowest BCUT2D eigenvalue weighted by Gasteiger charge is -2.18. The minimum atomic E-state index is -0.737. The number of carbonyl (C=O) groups excluding carboxylic acids is 1. The Morgan fingerprint density at radius 1 is 1.24 bits per heavy atom. The Kier molecular flexibility index (Phi) is 5.10. The number of imidazole rings is 1. The van der Waals surface area contributed by atoms with Crippen molar-refractivity contribution in [2.45, 2.75) is 19.4 Å². The summed E-state index contributed by atoms with van der Waals surface area (Å²) in [6.45, 7) is 1.71. The Labute approximate surface area is 165 Å². The Bertz CT molecular complexity index is 1120. The molecule has 0 saturated heterocycles. The predicted octanol–water partition coefficient (Wildman–Crippen LogP) is 2.93. The molecule has 2 heterocycles. The Morgan fingerprint density at radius 2 is 2.10 bits per heavy atom. The van der Waals surface area contributed by atoms with Gasteiger partial charge in [0.25, 0.3) is 0 Å². The van der Waals surface area contributed by atoms with E-state index in [9.17, 15) is 9.18 Å². The van der Waals surface area contributed by atoms with Gasteiger partial charge < -0.3 is 10.3 Å². The average molecular weight is 391 g/mol. The van der Waals surface area contributed by atoms with Gasteiger partial charge in [0.15, 0.2) is 0 Å². The van der Waals surface area contributed by atoms with E-state index in [-0.39, 0.29) is 18.1 Å². The number of tetrazole rings is 1. The molecule has 0 fully saturated rings. The van der Waals surface area contributed by atoms with Crippen LogP contribution in [0.25, 0.3) is 11.4 Å². The van der Waals surface area contributed by atoms with Crippen LogP contribution in [0.4, 0.5) is 10.1 Å². The van der Waals surface area contributed by atoms with Crippen molar-refractivity contribution in [2.75, 3.05) is 5.32 Å². The SMILES string of the molecule is Cc1nnnn1C(Cc1cccc(F)c1)C(=O)Nc1cccc(-c2ncc[nH]2)c1. The molecule has 8 nitrogen and oxygen atoms in total. The number of aryl methyl sites for hydroxylation is 1. The van der Waals surface area contributed by atoms with Gasteiger partial charge in [-0.1, -0.05) is 24.3 Å². The quantitative estimate of drug-likeness (QED) is 0.526. The van der Waals surface area contributed by atoms with Gasteiger partial charge in [-0.25, -0.2) is 14.1 Å². The first-order valence-electron chi connectivity index (χ1n) is 9.00. The summed E-state index contributed by atoms with van der Waals surface area (Å²) < 4.78 is 15.1. The van der Waals surface area contributed by atoms with Crippen LogP contribution >= 0.6 is 0 Å². The molecule has 0 aliphatic carbocycles. The van der Waals surface area contributed by atoms with E-state index in [0.29, 0.717) is 22.9 Å². The van der Waals surface area contributed by atoms with Crippen molar-refractivity contribution in [3.63, 3.8) is 0 Å². The molecule has 29 heavy (non-hydrogen) atoms. The number of nitrogens with one attached hydrogen (secondary N) is 2. The summed E-state index contributed by atoms with van der Waals surface area (Å²) in [5.74, 6) is 0.530. The lowest BCUT2D eigenvalue weighted by atomic mass is 10.0. The molecule has 0 radical (unpaired) electrons. The van der Waals surface area contributed by atoms with Crippen LogP contribution in [0.15, 0.2) is 60.9 Å². The number of nitrogens with zero attached hydrogens (tertiary/aromatic N) is 5. The molecular formula is C20H18FN7O. The van der Waals surface area contributed by atoms with Gasteiger partial charge in [0.2, 0.25) is 5.91 Å². The third kappa shape index (κ3) is 4.18. The standard InChI is InChI=1S/C20H18FN7O/c1-13-25-26-27-28(13)18(11-14-4-2-6-16(21)10-14)20(29)24-17-7-3-5-15(12-17)19-22-8-9-23-19/h2-10,12,18H,11H2,1H3,(H,22,23)(H,24,29). The molecule has 9 heteroatoms. The molecule has 0 spiro atoms. The van der Waals surface area contributed by atoms with E-state index in [0.717, 1.165) is 5.56 Å². The summed E-state index contributed by atoms with van der Waals surface area (Å²) in [7, 11) is 0. The number of benzene rings is 2. The van der Waals surface area contributed by atoms with Crippen molar-refractivity contribution in [3.8, 4) is 11.4 Å². The molecule has 0 saturated carbocycles. The van der Waals surface area contributed by atoms with Gasteiger partial charge in [0.05, 0.1) is 0 Å². The zero-order chi connectivity index (χ0) is 20.2. The van der Waals surface area contributed by atoms with Gasteiger partial charge in [-0.2, -0.15) is 0 Å². The smallest absolute Gasteiger partial charge is 0.249 e. The molecule has 2 N–H and O–H groups in total. The average Bonchev–Trinajstić information content (AvgIpc) is 3.38. The summed E-state index contributed by atoms with van der Waals surface area (Å²) in [6.07, 6.45) is 3.64. The molecule has 2 aromatic heterocycles. The first-order chi connectivity index (χ1) is 14.1. The molecular weight excluding hydrogens is 373 g/mol. The second-order valence-corrected chi connectivity index (χ2v) is 6.53. The highest BCUT2D eigenvalue weighted by Crippen LogP contribution is 2.22. The van der Waals surface area contributed by atoms with Crippen LogP contribution in [0.5, 0.6) is 0 Å². The third-order valence-corrected chi connectivity index (χ3v) is 4.48. The number of halogens is 1. The number of carbonyl (C=O) groups is 1. The molecule has 1 amide bonds. The number of aromatic nitrogens is 6. The molecule has 1 atom stereocenters. The number of rotatable bonds is 6. The van der Waals surface area contributed by atoms with Crippen LogP contribution in [-0.4, -0.2) is 36.1 Å². The Balaban J connectivity index is 1.60. The number of H-pyrrole nitrogens is 1. The second-order valence-electron chi connectivity index (χ2n) is 6.53. The van der Waals surface area contributed by atoms with Crippen LogP contribution < -0.4 is 5.32 Å². The van der Waals surface area contributed by atoms with E-state index in [4.69, 9.17) is 0 Å². The Morgan fingerprint density at radius 3 is 2.83 bits per heavy atom. The number of hydrogen-bond donors (Lipinski definition) is 2. The lowest BCUT2D eigenvalue weighted by Crippen LogP contribution is -2.29. The molecule has 4 aromatic rings. The zero-order valence-electron chi connectivity index (χ0n) is 15.6. The number of anilines is 1. The summed E-state index contributed by atoms with van der Waals surface area (Å²) in [5, 5.41) is 14.4. The predicted molar refractivity (Wildman–Crippen MR) is 104 cm³/mol. The fourth-order valence-corrected chi connectivity index (χ4v) is 3.10. The maximum absolute atomic E-state index is 13.6. The fraction of sp³-hybridized carbons (Fsp3) is 0.150. The maximum atomic E-state index is 13.6. The lowest BCUT2D eigenvalue weighted by molar-refractivity contribution is -0.119. The number of amides is 1. The van der Waals surface area contributed by atoms with Gasteiger partial charge >= 0.3 is 0 Å². The Hall–Kier alpha value is -3.88. The van der Waals surface area contributed by atoms with Crippen molar-refractivity contribution in [1.29, 1.82) is 0 Å². The summed E-state index contributed by atoms with van der Waals surface area (Å²) in [5.41, 5.74) is 2.12. The number of hydrogen-bond acceptors (Lipinski definition) is 5. The third-order valence-electron chi connectivity index (χ3n) is 4.48. The van der Waals surface area contributed by atoms with Crippen LogP contribution in [0.2, 0.25) is 0 Å². The van der Waals surface area contributed by atoms with Crippen LogP contribution in [0.1, 0.15) is 17.4 Å². The minimum absolute atomic E-state index is 0.243. The van der Waals surface area contributed by atoms with Crippen LogP contribution in [0.3, 0.4) is 0 Å². The van der Waals surface area contributed by atoms with E-state index >= 15 is 0 Å². The maximum Gasteiger partial charge on any atom is 0.249 e. The minimum Gasteiger partial charge on any atom is -0.345 e.